The van der Waals surface area contributed by atoms with Crippen LogP contribution in [0, 0.1) is 0 Å². The first-order valence-corrected chi connectivity index (χ1v) is 8.89. The number of anilines is 1. The molecule has 23 heavy (non-hydrogen) atoms. The van der Waals surface area contributed by atoms with E-state index >= 15 is 0 Å². The van der Waals surface area contributed by atoms with Gasteiger partial charge in [0.2, 0.25) is 0 Å². The van der Waals surface area contributed by atoms with Crippen LogP contribution in [0.5, 0.6) is 0 Å². The third-order valence-corrected chi connectivity index (χ3v) is 4.74. The molecule has 120 valence electrons. The lowest BCUT2D eigenvalue weighted by atomic mass is 10.2. The van der Waals surface area contributed by atoms with Crippen molar-refractivity contribution >= 4 is 40.0 Å². The van der Waals surface area contributed by atoms with Gasteiger partial charge in [-0.2, -0.15) is 4.37 Å². The molecule has 0 saturated heterocycles. The van der Waals surface area contributed by atoms with Crippen LogP contribution in [-0.4, -0.2) is 39.6 Å². The maximum Gasteiger partial charge on any atom is 0.197 e. The first-order chi connectivity index (χ1) is 11.3. The van der Waals surface area contributed by atoms with E-state index in [2.05, 4.69) is 31.6 Å². The number of nitrogens with one attached hydrogen (secondary N) is 1. The molecule has 8 heteroatoms. The predicted molar refractivity (Wildman–Crippen MR) is 93.3 cm³/mol. The zero-order valence-corrected chi connectivity index (χ0v) is 14.6. The minimum Gasteiger partial charge on any atom is -0.384 e. The number of hydrogen-bond acceptors (Lipinski definition) is 8. The van der Waals surface area contributed by atoms with Crippen molar-refractivity contribution in [1.29, 1.82) is 0 Å². The van der Waals surface area contributed by atoms with Crippen LogP contribution < -0.4 is 5.32 Å². The summed E-state index contributed by atoms with van der Waals surface area (Å²) in [6.45, 7) is 3.49. The highest BCUT2D eigenvalue weighted by Crippen LogP contribution is 2.30. The molecule has 0 unspecified atom stereocenters. The normalized spacial score (nSPS) is 11.0. The maximum atomic E-state index is 5.05. The average molecular weight is 347 g/mol. The molecule has 0 aliphatic rings. The van der Waals surface area contributed by atoms with E-state index in [0.29, 0.717) is 11.8 Å². The van der Waals surface area contributed by atoms with Crippen LogP contribution in [0.15, 0.2) is 33.8 Å². The lowest BCUT2D eigenvalue weighted by Crippen LogP contribution is -2.02. The molecule has 0 saturated carbocycles. The summed E-state index contributed by atoms with van der Waals surface area (Å²) in [6.07, 6.45) is 0.717. The third-order valence-electron chi connectivity index (χ3n) is 3.08. The van der Waals surface area contributed by atoms with E-state index in [0.717, 1.165) is 39.9 Å². The molecule has 0 spiro atoms. The Morgan fingerprint density at radius 3 is 2.91 bits per heavy atom. The van der Waals surface area contributed by atoms with E-state index in [1.165, 1.54) is 23.3 Å². The van der Waals surface area contributed by atoms with Gasteiger partial charge in [-0.3, -0.25) is 0 Å². The molecule has 3 rings (SSSR count). The second-order valence-electron chi connectivity index (χ2n) is 4.72. The first-order valence-electron chi connectivity index (χ1n) is 7.30. The molecule has 0 bridgehead atoms. The quantitative estimate of drug-likeness (QED) is 0.658. The van der Waals surface area contributed by atoms with E-state index in [9.17, 15) is 0 Å². The van der Waals surface area contributed by atoms with Crippen molar-refractivity contribution in [1.82, 2.24) is 19.3 Å². The van der Waals surface area contributed by atoms with E-state index in [-0.39, 0.29) is 0 Å². The SMILES string of the molecule is CCNc1nc(Sc2nc(CCOC)ns2)nc2ccccc12. The van der Waals surface area contributed by atoms with Gasteiger partial charge in [-0.05, 0) is 42.4 Å². The molecule has 6 nitrogen and oxygen atoms in total. The van der Waals surface area contributed by atoms with Crippen molar-refractivity contribution in [2.45, 2.75) is 22.8 Å². The van der Waals surface area contributed by atoms with Crippen LogP contribution in [0.25, 0.3) is 10.9 Å². The molecule has 2 aromatic heterocycles. The molecular formula is C15H17N5OS2. The highest BCUT2D eigenvalue weighted by atomic mass is 32.2. The van der Waals surface area contributed by atoms with Crippen molar-refractivity contribution in [3.63, 3.8) is 0 Å². The van der Waals surface area contributed by atoms with Gasteiger partial charge < -0.3 is 10.1 Å². The Morgan fingerprint density at radius 2 is 2.09 bits per heavy atom. The fourth-order valence-corrected chi connectivity index (χ4v) is 3.59. The molecule has 0 fully saturated rings. The summed E-state index contributed by atoms with van der Waals surface area (Å²) in [5.74, 6) is 1.65. The minimum absolute atomic E-state index is 0.623. The molecule has 3 aromatic rings. The van der Waals surface area contributed by atoms with E-state index in [1.54, 1.807) is 7.11 Å². The second kappa shape index (κ2) is 7.67. The van der Waals surface area contributed by atoms with Gasteiger partial charge >= 0.3 is 0 Å². The predicted octanol–water partition coefficient (Wildman–Crippen LogP) is 3.25. The largest absolute Gasteiger partial charge is 0.384 e. The Kier molecular flexibility index (Phi) is 5.37. The zero-order chi connectivity index (χ0) is 16.1. The van der Waals surface area contributed by atoms with Gasteiger partial charge in [0.1, 0.15) is 11.6 Å². The van der Waals surface area contributed by atoms with Crippen LogP contribution in [0.4, 0.5) is 5.82 Å². The number of benzene rings is 1. The summed E-state index contributed by atoms with van der Waals surface area (Å²) in [5.41, 5.74) is 0.921. The van der Waals surface area contributed by atoms with Crippen molar-refractivity contribution in [3.8, 4) is 0 Å². The van der Waals surface area contributed by atoms with Gasteiger partial charge in [0, 0.05) is 25.5 Å². The number of methoxy groups -OCH3 is 1. The Balaban J connectivity index is 1.86. The summed E-state index contributed by atoms with van der Waals surface area (Å²) < 4.78 is 10.2. The molecule has 0 aliphatic heterocycles. The van der Waals surface area contributed by atoms with E-state index < -0.39 is 0 Å². The molecule has 1 N–H and O–H groups in total. The van der Waals surface area contributed by atoms with Gasteiger partial charge in [0.05, 0.1) is 12.1 Å². The van der Waals surface area contributed by atoms with Crippen LogP contribution >= 0.6 is 23.3 Å². The molecule has 1 aromatic carbocycles. The monoisotopic (exact) mass is 347 g/mol. The maximum absolute atomic E-state index is 5.05. The fraction of sp³-hybridized carbons (Fsp3) is 0.333. The van der Waals surface area contributed by atoms with Crippen LogP contribution in [-0.2, 0) is 11.2 Å². The summed E-state index contributed by atoms with van der Waals surface area (Å²) in [7, 11) is 1.67. The summed E-state index contributed by atoms with van der Waals surface area (Å²) in [4.78, 5) is 13.7. The smallest absolute Gasteiger partial charge is 0.197 e. The Hall–Kier alpha value is -1.77. The minimum atomic E-state index is 0.623. The van der Waals surface area contributed by atoms with Gasteiger partial charge in [-0.15, -0.1) is 0 Å². The zero-order valence-electron chi connectivity index (χ0n) is 12.9. The number of rotatable bonds is 7. The lowest BCUT2D eigenvalue weighted by molar-refractivity contribution is 0.200. The second-order valence-corrected chi connectivity index (χ2v) is 6.69. The molecule has 0 aliphatic carbocycles. The van der Waals surface area contributed by atoms with Gasteiger partial charge in [-0.25, -0.2) is 15.0 Å². The number of ether oxygens (including phenoxy) is 1. The molecule has 0 atom stereocenters. The van der Waals surface area contributed by atoms with Gasteiger partial charge in [0.25, 0.3) is 0 Å². The van der Waals surface area contributed by atoms with E-state index in [4.69, 9.17) is 4.74 Å². The Bertz CT molecular complexity index is 792. The van der Waals surface area contributed by atoms with Crippen molar-refractivity contribution < 1.29 is 4.74 Å². The average Bonchev–Trinajstić information content (AvgIpc) is 3.00. The summed E-state index contributed by atoms with van der Waals surface area (Å²) in [6, 6.07) is 7.99. The Labute approximate surface area is 142 Å². The lowest BCUT2D eigenvalue weighted by Gasteiger charge is -2.08. The number of nitrogens with zero attached hydrogens (tertiary/aromatic N) is 4. The Morgan fingerprint density at radius 1 is 1.22 bits per heavy atom. The summed E-state index contributed by atoms with van der Waals surface area (Å²) in [5, 5.41) is 5.00. The number of fused-ring (bicyclic) bond motifs is 1. The topological polar surface area (TPSA) is 72.8 Å². The molecule has 2 heterocycles. The number of hydrogen-bond donors (Lipinski definition) is 1. The van der Waals surface area contributed by atoms with Crippen molar-refractivity contribution in [2.75, 3.05) is 25.6 Å². The molecule has 0 amide bonds. The summed E-state index contributed by atoms with van der Waals surface area (Å²) >= 11 is 2.80. The number of aromatic nitrogens is 4. The number of para-hydroxylation sites is 1. The molecule has 0 radical (unpaired) electrons. The standard InChI is InChI=1S/C15H17N5OS2/c1-3-16-13-10-6-4-5-7-11(10)17-14(19-13)22-15-18-12(20-23-15)8-9-21-2/h4-7H,3,8-9H2,1-2H3,(H,16,17,19). The first kappa shape index (κ1) is 16.1. The van der Waals surface area contributed by atoms with Gasteiger partial charge in [-0.1, -0.05) is 12.1 Å². The highest BCUT2D eigenvalue weighted by molar-refractivity contribution is 8.00. The highest BCUT2D eigenvalue weighted by Gasteiger charge is 2.11. The fourth-order valence-electron chi connectivity index (χ4n) is 2.06. The van der Waals surface area contributed by atoms with Crippen LogP contribution in [0.1, 0.15) is 12.7 Å². The molecular weight excluding hydrogens is 330 g/mol. The van der Waals surface area contributed by atoms with E-state index in [1.807, 2.05) is 24.3 Å². The van der Waals surface area contributed by atoms with Gasteiger partial charge in [0.15, 0.2) is 9.50 Å². The third kappa shape index (κ3) is 3.95. The van der Waals surface area contributed by atoms with Crippen molar-refractivity contribution in [3.05, 3.63) is 30.1 Å². The van der Waals surface area contributed by atoms with Crippen molar-refractivity contribution in [2.24, 2.45) is 0 Å². The van der Waals surface area contributed by atoms with Crippen LogP contribution in [0.3, 0.4) is 0 Å². The van der Waals surface area contributed by atoms with Crippen LogP contribution in [0.2, 0.25) is 0 Å².